The zero-order chi connectivity index (χ0) is 22.1. The van der Waals surface area contributed by atoms with E-state index in [2.05, 4.69) is 5.32 Å². The summed E-state index contributed by atoms with van der Waals surface area (Å²) in [6, 6.07) is 18.0. The molecular formula is C25H21FN2O3. The number of hydrogen-bond acceptors (Lipinski definition) is 4. The van der Waals surface area contributed by atoms with Gasteiger partial charge >= 0.3 is 0 Å². The molecule has 31 heavy (non-hydrogen) atoms. The van der Waals surface area contributed by atoms with Gasteiger partial charge in [0.05, 0.1) is 18.4 Å². The molecule has 0 aliphatic carbocycles. The molecule has 3 aromatic rings. The number of nitrogens with zero attached hydrogens (tertiary/aromatic N) is 1. The maximum absolute atomic E-state index is 13.5. The molecule has 0 saturated carbocycles. The third kappa shape index (κ3) is 3.80. The van der Waals surface area contributed by atoms with Crippen molar-refractivity contribution in [1.82, 2.24) is 0 Å². The molecule has 6 heteroatoms. The second kappa shape index (κ2) is 8.07. The van der Waals surface area contributed by atoms with Gasteiger partial charge in [-0.3, -0.25) is 9.59 Å². The molecule has 3 aromatic carbocycles. The minimum absolute atomic E-state index is 0.139. The van der Waals surface area contributed by atoms with Gasteiger partial charge in [0.1, 0.15) is 17.3 Å². The Hall–Kier alpha value is -3.93. The first-order valence-corrected chi connectivity index (χ1v) is 9.76. The lowest BCUT2D eigenvalue weighted by molar-refractivity contribution is -0.120. The Bertz CT molecular complexity index is 1200. The van der Waals surface area contributed by atoms with E-state index in [-0.39, 0.29) is 11.3 Å². The second-order valence-corrected chi connectivity index (χ2v) is 7.32. The van der Waals surface area contributed by atoms with Crippen LogP contribution in [0.5, 0.6) is 5.75 Å². The molecule has 0 bridgehead atoms. The molecule has 1 N–H and O–H groups in total. The van der Waals surface area contributed by atoms with Gasteiger partial charge in [-0.1, -0.05) is 18.2 Å². The topological polar surface area (TPSA) is 58.6 Å². The molecule has 5 nitrogen and oxygen atoms in total. The van der Waals surface area contributed by atoms with Crippen LogP contribution in [0, 0.1) is 19.7 Å². The molecule has 0 atom stereocenters. The fourth-order valence-corrected chi connectivity index (χ4v) is 3.45. The van der Waals surface area contributed by atoms with Crippen LogP contribution in [-0.4, -0.2) is 18.9 Å². The van der Waals surface area contributed by atoms with E-state index < -0.39 is 17.6 Å². The molecule has 156 valence electrons. The van der Waals surface area contributed by atoms with Crippen molar-refractivity contribution in [3.63, 3.8) is 0 Å². The average Bonchev–Trinajstić information content (AvgIpc) is 3.01. The van der Waals surface area contributed by atoms with Crippen molar-refractivity contribution < 1.29 is 18.7 Å². The number of ether oxygens (including phenoxy) is 1. The van der Waals surface area contributed by atoms with Crippen molar-refractivity contribution in [2.24, 2.45) is 0 Å². The molecule has 0 unspecified atom stereocenters. The molecule has 0 fully saturated rings. The maximum atomic E-state index is 13.5. The number of methoxy groups -OCH3 is 1. The maximum Gasteiger partial charge on any atom is 0.282 e. The minimum Gasteiger partial charge on any atom is -0.497 e. The van der Waals surface area contributed by atoms with Gasteiger partial charge in [0.15, 0.2) is 0 Å². The van der Waals surface area contributed by atoms with Crippen LogP contribution < -0.4 is 15.0 Å². The number of carbonyl (C=O) groups is 2. The number of rotatable bonds is 5. The lowest BCUT2D eigenvalue weighted by Gasteiger charge is -2.17. The number of nitrogens with one attached hydrogen (secondary N) is 1. The van der Waals surface area contributed by atoms with Crippen LogP contribution in [0.1, 0.15) is 16.7 Å². The largest absolute Gasteiger partial charge is 0.497 e. The van der Waals surface area contributed by atoms with E-state index in [0.717, 1.165) is 16.0 Å². The minimum atomic E-state index is -0.469. The van der Waals surface area contributed by atoms with E-state index in [0.29, 0.717) is 22.7 Å². The van der Waals surface area contributed by atoms with Gasteiger partial charge in [-0.05, 0) is 79.1 Å². The molecular weight excluding hydrogens is 395 g/mol. The summed E-state index contributed by atoms with van der Waals surface area (Å²) in [4.78, 5) is 27.9. The summed E-state index contributed by atoms with van der Waals surface area (Å²) in [6.07, 6.45) is 0. The van der Waals surface area contributed by atoms with E-state index in [4.69, 9.17) is 4.74 Å². The van der Waals surface area contributed by atoms with Gasteiger partial charge in [-0.25, -0.2) is 9.29 Å². The van der Waals surface area contributed by atoms with Crippen LogP contribution >= 0.6 is 0 Å². The summed E-state index contributed by atoms with van der Waals surface area (Å²) >= 11 is 0. The molecule has 0 saturated heterocycles. The van der Waals surface area contributed by atoms with E-state index in [1.165, 1.54) is 24.3 Å². The molecule has 2 amide bonds. The SMILES string of the molecule is COc1ccc(NC2=C(c3ccc(F)cc3)C(=O)N(c3ccc(C)c(C)c3)C2=O)cc1. The number of hydrogen-bond donors (Lipinski definition) is 1. The third-order valence-corrected chi connectivity index (χ3v) is 5.32. The first kappa shape index (κ1) is 20.3. The number of amides is 2. The Labute approximate surface area is 179 Å². The van der Waals surface area contributed by atoms with Crippen LogP contribution in [0.4, 0.5) is 15.8 Å². The van der Waals surface area contributed by atoms with Crippen molar-refractivity contribution in [3.8, 4) is 5.75 Å². The van der Waals surface area contributed by atoms with Crippen LogP contribution in [0.15, 0.2) is 72.4 Å². The van der Waals surface area contributed by atoms with E-state index in [1.54, 1.807) is 37.4 Å². The Morgan fingerprint density at radius 2 is 1.52 bits per heavy atom. The zero-order valence-corrected chi connectivity index (χ0v) is 17.4. The van der Waals surface area contributed by atoms with Gasteiger partial charge in [-0.15, -0.1) is 0 Å². The van der Waals surface area contributed by atoms with Crippen molar-refractivity contribution in [1.29, 1.82) is 0 Å². The average molecular weight is 416 g/mol. The van der Waals surface area contributed by atoms with E-state index in [9.17, 15) is 14.0 Å². The summed E-state index contributed by atoms with van der Waals surface area (Å²) in [7, 11) is 1.57. The number of benzene rings is 3. The summed E-state index contributed by atoms with van der Waals surface area (Å²) in [5.41, 5.74) is 3.94. The fraction of sp³-hybridized carbons (Fsp3) is 0.120. The number of aryl methyl sites for hydroxylation is 2. The predicted molar refractivity (Wildman–Crippen MR) is 118 cm³/mol. The lowest BCUT2D eigenvalue weighted by atomic mass is 10.0. The van der Waals surface area contributed by atoms with Crippen LogP contribution in [0.25, 0.3) is 5.57 Å². The van der Waals surface area contributed by atoms with E-state index in [1.807, 2.05) is 26.0 Å². The molecule has 4 rings (SSSR count). The van der Waals surface area contributed by atoms with Crippen LogP contribution in [0.3, 0.4) is 0 Å². The highest BCUT2D eigenvalue weighted by Gasteiger charge is 2.40. The van der Waals surface area contributed by atoms with Gasteiger partial charge in [0.2, 0.25) is 0 Å². The summed E-state index contributed by atoms with van der Waals surface area (Å²) in [5, 5.41) is 3.08. The molecule has 1 aliphatic rings. The highest BCUT2D eigenvalue weighted by Crippen LogP contribution is 2.34. The lowest BCUT2D eigenvalue weighted by Crippen LogP contribution is -2.32. The normalized spacial score (nSPS) is 13.7. The quantitative estimate of drug-likeness (QED) is 0.604. The fourth-order valence-electron chi connectivity index (χ4n) is 3.45. The van der Waals surface area contributed by atoms with Crippen molar-refractivity contribution >= 4 is 28.8 Å². The van der Waals surface area contributed by atoms with E-state index >= 15 is 0 Å². The predicted octanol–water partition coefficient (Wildman–Crippen LogP) is 4.85. The highest BCUT2D eigenvalue weighted by molar-refractivity contribution is 6.46. The first-order chi connectivity index (χ1) is 14.9. The second-order valence-electron chi connectivity index (χ2n) is 7.32. The van der Waals surface area contributed by atoms with Crippen LogP contribution in [0.2, 0.25) is 0 Å². The van der Waals surface area contributed by atoms with Crippen LogP contribution in [-0.2, 0) is 9.59 Å². The smallest absolute Gasteiger partial charge is 0.282 e. The monoisotopic (exact) mass is 416 g/mol. The Morgan fingerprint density at radius 3 is 2.13 bits per heavy atom. The Balaban J connectivity index is 1.80. The standard InChI is InChI=1S/C25H21FN2O3/c1-15-4-11-20(14-16(15)2)28-24(29)22(17-5-7-18(26)8-6-17)23(25(28)30)27-19-9-12-21(31-3)13-10-19/h4-14,27H,1-3H3. The van der Waals surface area contributed by atoms with Crippen molar-refractivity contribution in [2.45, 2.75) is 13.8 Å². The molecule has 0 spiro atoms. The summed E-state index contributed by atoms with van der Waals surface area (Å²) < 4.78 is 18.7. The van der Waals surface area contributed by atoms with Crippen molar-refractivity contribution in [2.75, 3.05) is 17.3 Å². The first-order valence-electron chi connectivity index (χ1n) is 9.76. The number of anilines is 2. The number of halogens is 1. The molecule has 1 aliphatic heterocycles. The summed E-state index contributed by atoms with van der Waals surface area (Å²) in [6.45, 7) is 3.89. The number of carbonyl (C=O) groups excluding carboxylic acids is 2. The zero-order valence-electron chi connectivity index (χ0n) is 17.4. The number of imide groups is 1. The molecule has 0 radical (unpaired) electrons. The Morgan fingerprint density at radius 1 is 0.839 bits per heavy atom. The molecule has 0 aromatic heterocycles. The van der Waals surface area contributed by atoms with Gasteiger partial charge in [0.25, 0.3) is 11.8 Å². The highest BCUT2D eigenvalue weighted by atomic mass is 19.1. The Kier molecular flexibility index (Phi) is 5.29. The third-order valence-electron chi connectivity index (χ3n) is 5.32. The summed E-state index contributed by atoms with van der Waals surface area (Å²) in [5.74, 6) is -0.681. The van der Waals surface area contributed by atoms with Gasteiger partial charge in [-0.2, -0.15) is 0 Å². The van der Waals surface area contributed by atoms with Gasteiger partial charge in [0, 0.05) is 5.69 Å². The van der Waals surface area contributed by atoms with Crippen molar-refractivity contribution in [3.05, 3.63) is 94.9 Å². The van der Waals surface area contributed by atoms with Gasteiger partial charge < -0.3 is 10.1 Å². The molecule has 1 heterocycles.